The molecule has 1 heterocycles. The van der Waals surface area contributed by atoms with E-state index in [1.807, 2.05) is 0 Å². The van der Waals surface area contributed by atoms with Crippen LogP contribution < -0.4 is 5.56 Å². The molecule has 0 aliphatic rings. The zero-order valence-corrected chi connectivity index (χ0v) is 10.7. The van der Waals surface area contributed by atoms with Gasteiger partial charge in [0.25, 0.3) is 5.56 Å². The first-order chi connectivity index (χ1) is 7.17. The normalized spacial score (nSPS) is 10.9. The smallest absolute Gasteiger partial charge is 0.265 e. The van der Waals surface area contributed by atoms with Crippen LogP contribution in [0.25, 0.3) is 0 Å². The van der Waals surface area contributed by atoms with Crippen LogP contribution in [-0.2, 0) is 6.42 Å². The molecule has 0 saturated carbocycles. The third kappa shape index (κ3) is 3.76. The minimum atomic E-state index is -0.112. The van der Waals surface area contributed by atoms with Gasteiger partial charge in [0.05, 0.1) is 0 Å². The fourth-order valence-electron chi connectivity index (χ4n) is 1.35. The lowest BCUT2D eigenvalue weighted by atomic mass is 10.3. The van der Waals surface area contributed by atoms with Gasteiger partial charge in [0.2, 0.25) is 0 Å². The monoisotopic (exact) mass is 273 g/mol. The van der Waals surface area contributed by atoms with E-state index in [2.05, 4.69) is 44.6 Å². The second-order valence-electron chi connectivity index (χ2n) is 3.28. The van der Waals surface area contributed by atoms with Crippen LogP contribution in [0, 0.1) is 0 Å². The first-order valence-corrected chi connectivity index (χ1v) is 5.92. The number of likely N-dealkylation sites (N-methyl/N-ethyl adjacent to an activating group) is 1. The molecule has 1 N–H and O–H groups in total. The zero-order chi connectivity index (χ0) is 11.3. The van der Waals surface area contributed by atoms with Gasteiger partial charge in [0.1, 0.15) is 10.3 Å². The Morgan fingerprint density at radius 2 is 2.13 bits per heavy atom. The van der Waals surface area contributed by atoms with E-state index in [0.717, 1.165) is 31.9 Å². The molecule has 0 atom stereocenters. The Morgan fingerprint density at radius 3 is 2.67 bits per heavy atom. The summed E-state index contributed by atoms with van der Waals surface area (Å²) in [5.74, 6) is 0.745. The van der Waals surface area contributed by atoms with Gasteiger partial charge in [-0.25, -0.2) is 4.98 Å². The molecule has 0 bridgehead atoms. The fraction of sp³-hybridized carbons (Fsp3) is 0.600. The van der Waals surface area contributed by atoms with Gasteiger partial charge in [-0.15, -0.1) is 0 Å². The van der Waals surface area contributed by atoms with Crippen LogP contribution in [0.15, 0.2) is 15.5 Å². The molecule has 0 fully saturated rings. The molecule has 84 valence electrons. The average molecular weight is 274 g/mol. The van der Waals surface area contributed by atoms with Crippen LogP contribution in [-0.4, -0.2) is 34.5 Å². The summed E-state index contributed by atoms with van der Waals surface area (Å²) in [5, 5.41) is 0. The molecule has 0 saturated heterocycles. The zero-order valence-electron chi connectivity index (χ0n) is 9.09. The number of nitrogens with one attached hydrogen (secondary N) is 1. The summed E-state index contributed by atoms with van der Waals surface area (Å²) in [5.41, 5.74) is -0.112. The molecule has 0 spiro atoms. The second kappa shape index (κ2) is 6.02. The van der Waals surface area contributed by atoms with Gasteiger partial charge in [0, 0.05) is 19.2 Å². The lowest BCUT2D eigenvalue weighted by Crippen LogP contribution is -2.26. The molecule has 1 aromatic heterocycles. The van der Waals surface area contributed by atoms with E-state index in [-0.39, 0.29) is 5.56 Å². The van der Waals surface area contributed by atoms with Gasteiger partial charge in [-0.05, 0) is 29.0 Å². The van der Waals surface area contributed by atoms with Crippen LogP contribution in [0.3, 0.4) is 0 Å². The van der Waals surface area contributed by atoms with Gasteiger partial charge < -0.3 is 9.88 Å². The van der Waals surface area contributed by atoms with Crippen LogP contribution in [0.2, 0.25) is 0 Å². The van der Waals surface area contributed by atoms with E-state index in [0.29, 0.717) is 4.47 Å². The summed E-state index contributed by atoms with van der Waals surface area (Å²) in [4.78, 5) is 20.5. The number of aromatic amines is 1. The number of halogens is 1. The number of nitrogens with zero attached hydrogens (tertiary/aromatic N) is 2. The molecule has 5 heteroatoms. The molecule has 0 amide bonds. The second-order valence-corrected chi connectivity index (χ2v) is 4.14. The first kappa shape index (κ1) is 12.4. The number of rotatable bonds is 5. The summed E-state index contributed by atoms with van der Waals surface area (Å²) >= 11 is 3.12. The van der Waals surface area contributed by atoms with Gasteiger partial charge >= 0.3 is 0 Å². The number of aromatic nitrogens is 2. The van der Waals surface area contributed by atoms with E-state index in [9.17, 15) is 4.79 Å². The van der Waals surface area contributed by atoms with Crippen molar-refractivity contribution in [2.24, 2.45) is 0 Å². The van der Waals surface area contributed by atoms with Crippen molar-refractivity contribution in [2.45, 2.75) is 20.3 Å². The van der Waals surface area contributed by atoms with Crippen LogP contribution >= 0.6 is 15.9 Å². The molecule has 1 aromatic rings. The molecular weight excluding hydrogens is 258 g/mol. The predicted molar refractivity (Wildman–Crippen MR) is 64.0 cm³/mol. The van der Waals surface area contributed by atoms with Crippen LogP contribution in [0.1, 0.15) is 19.7 Å². The van der Waals surface area contributed by atoms with Gasteiger partial charge in [-0.1, -0.05) is 13.8 Å². The van der Waals surface area contributed by atoms with Crippen molar-refractivity contribution in [1.29, 1.82) is 0 Å². The molecule has 0 aromatic carbocycles. The molecule has 0 radical (unpaired) electrons. The Hall–Kier alpha value is -0.680. The highest BCUT2D eigenvalue weighted by molar-refractivity contribution is 9.10. The Balaban J connectivity index is 2.58. The third-order valence-corrected chi connectivity index (χ3v) is 2.93. The predicted octanol–water partition coefficient (Wildman–Crippen LogP) is 1.42. The summed E-state index contributed by atoms with van der Waals surface area (Å²) in [6.07, 6.45) is 2.33. The number of H-pyrrole nitrogens is 1. The van der Waals surface area contributed by atoms with Crippen LogP contribution in [0.5, 0.6) is 0 Å². The summed E-state index contributed by atoms with van der Waals surface area (Å²) in [6.45, 7) is 7.23. The SMILES string of the molecule is CCN(CC)CCc1ncc(Br)c(=O)[nH]1. The van der Waals surface area contributed by atoms with Crippen LogP contribution in [0.4, 0.5) is 0 Å². The summed E-state index contributed by atoms with van der Waals surface area (Å²) in [7, 11) is 0. The molecule has 15 heavy (non-hydrogen) atoms. The van der Waals surface area contributed by atoms with Gasteiger partial charge in [0.15, 0.2) is 0 Å². The summed E-state index contributed by atoms with van der Waals surface area (Å²) in [6, 6.07) is 0. The van der Waals surface area contributed by atoms with Gasteiger partial charge in [-0.2, -0.15) is 0 Å². The van der Waals surface area contributed by atoms with Crippen molar-refractivity contribution in [3.63, 3.8) is 0 Å². The van der Waals surface area contributed by atoms with E-state index in [1.165, 1.54) is 0 Å². The van der Waals surface area contributed by atoms with Crippen molar-refractivity contribution in [3.8, 4) is 0 Å². The largest absolute Gasteiger partial charge is 0.310 e. The summed E-state index contributed by atoms with van der Waals surface area (Å²) < 4.78 is 0.481. The fourth-order valence-corrected chi connectivity index (χ4v) is 1.55. The average Bonchev–Trinajstić information content (AvgIpc) is 2.24. The molecule has 0 aliphatic carbocycles. The van der Waals surface area contributed by atoms with Crippen molar-refractivity contribution in [1.82, 2.24) is 14.9 Å². The topological polar surface area (TPSA) is 49.0 Å². The van der Waals surface area contributed by atoms with E-state index >= 15 is 0 Å². The van der Waals surface area contributed by atoms with Crippen molar-refractivity contribution < 1.29 is 0 Å². The Morgan fingerprint density at radius 1 is 1.47 bits per heavy atom. The highest BCUT2D eigenvalue weighted by Gasteiger charge is 2.02. The van der Waals surface area contributed by atoms with E-state index < -0.39 is 0 Å². The Bertz CT molecular complexity index is 360. The maximum Gasteiger partial charge on any atom is 0.265 e. The number of hydrogen-bond donors (Lipinski definition) is 1. The number of hydrogen-bond acceptors (Lipinski definition) is 3. The molecule has 0 unspecified atom stereocenters. The van der Waals surface area contributed by atoms with Crippen molar-refractivity contribution in [3.05, 3.63) is 26.8 Å². The van der Waals surface area contributed by atoms with Crippen molar-refractivity contribution >= 4 is 15.9 Å². The molecule has 0 aliphatic heterocycles. The lowest BCUT2D eigenvalue weighted by Gasteiger charge is -2.16. The molecule has 1 rings (SSSR count). The highest BCUT2D eigenvalue weighted by Crippen LogP contribution is 1.99. The molecular formula is C10H16BrN3O. The maximum absolute atomic E-state index is 11.3. The first-order valence-electron chi connectivity index (χ1n) is 5.13. The Kier molecular flexibility index (Phi) is 4.98. The lowest BCUT2D eigenvalue weighted by molar-refractivity contribution is 0.305. The Labute approximate surface area is 97.8 Å². The third-order valence-electron chi connectivity index (χ3n) is 2.37. The van der Waals surface area contributed by atoms with E-state index in [1.54, 1.807) is 6.20 Å². The quantitative estimate of drug-likeness (QED) is 0.883. The minimum Gasteiger partial charge on any atom is -0.310 e. The maximum atomic E-state index is 11.3. The van der Waals surface area contributed by atoms with E-state index in [4.69, 9.17) is 0 Å². The minimum absolute atomic E-state index is 0.112. The van der Waals surface area contributed by atoms with Crippen molar-refractivity contribution in [2.75, 3.05) is 19.6 Å². The van der Waals surface area contributed by atoms with Gasteiger partial charge in [-0.3, -0.25) is 4.79 Å². The standard InChI is InChI=1S/C10H16BrN3O/c1-3-14(4-2)6-5-9-12-7-8(11)10(15)13-9/h7H,3-6H2,1-2H3,(H,12,13,15). The molecule has 4 nitrogen and oxygen atoms in total. The highest BCUT2D eigenvalue weighted by atomic mass is 79.9.